The van der Waals surface area contributed by atoms with Crippen molar-refractivity contribution in [2.24, 2.45) is 0 Å². The van der Waals surface area contributed by atoms with Gasteiger partial charge in [-0.3, -0.25) is 0 Å². The number of anilines is 4. The van der Waals surface area contributed by atoms with Gasteiger partial charge in [-0.1, -0.05) is 0 Å². The van der Waals surface area contributed by atoms with Gasteiger partial charge in [0.05, 0.1) is 61.3 Å². The molecule has 0 unspecified atom stereocenters. The molecular weight excluding hydrogens is 1150 g/mol. The van der Waals surface area contributed by atoms with Crippen LogP contribution in [0.2, 0.25) is 0 Å². The fourth-order valence-electron chi connectivity index (χ4n) is 10.9. The van der Waals surface area contributed by atoms with E-state index >= 15 is 17.6 Å². The van der Waals surface area contributed by atoms with E-state index in [1.807, 2.05) is 50.2 Å². The summed E-state index contributed by atoms with van der Waals surface area (Å²) < 4.78 is 112. The largest absolute Gasteiger partial charge is 0.484 e. The van der Waals surface area contributed by atoms with Crippen LogP contribution < -0.4 is 39.1 Å². The van der Waals surface area contributed by atoms with E-state index in [1.54, 1.807) is 69.3 Å². The number of nitrogens with one attached hydrogen (secondary N) is 2. The minimum atomic E-state index is -3.06. The van der Waals surface area contributed by atoms with E-state index < -0.39 is 37.1 Å². The molecule has 24 nitrogen and oxygen atoms in total. The van der Waals surface area contributed by atoms with Crippen molar-refractivity contribution >= 4 is 56.1 Å². The molecule has 28 heteroatoms. The Morgan fingerprint density at radius 3 is 1.35 bits per heavy atom. The second-order valence-electron chi connectivity index (χ2n) is 22.0. The molecule has 14 rings (SSSR count). The summed E-state index contributed by atoms with van der Waals surface area (Å²) in [6.07, 6.45) is 7.34. The van der Waals surface area contributed by atoms with Crippen molar-refractivity contribution in [1.29, 1.82) is 0 Å². The number of hydrogen-bond donors (Lipinski definition) is 2. The Morgan fingerprint density at radius 2 is 0.943 bits per heavy atom. The Bertz CT molecular complexity index is 3890. The fourth-order valence-corrected chi connectivity index (χ4v) is 10.9. The van der Waals surface area contributed by atoms with E-state index in [0.29, 0.717) is 143 Å². The van der Waals surface area contributed by atoms with E-state index in [9.17, 15) is 0 Å². The lowest BCUT2D eigenvalue weighted by Gasteiger charge is -2.36. The van der Waals surface area contributed by atoms with Gasteiger partial charge in [0.1, 0.15) is 73.3 Å². The van der Waals surface area contributed by atoms with Gasteiger partial charge < -0.3 is 58.3 Å². The van der Waals surface area contributed by atoms with Crippen LogP contribution in [0.15, 0.2) is 111 Å². The van der Waals surface area contributed by atoms with Gasteiger partial charge in [0.2, 0.25) is 11.8 Å². The first-order valence-corrected chi connectivity index (χ1v) is 28.6. The zero-order valence-electron chi connectivity index (χ0n) is 48.2. The van der Waals surface area contributed by atoms with E-state index in [2.05, 4.69) is 60.7 Å². The van der Waals surface area contributed by atoms with Gasteiger partial charge in [0, 0.05) is 62.3 Å². The van der Waals surface area contributed by atoms with Crippen molar-refractivity contribution in [2.75, 3.05) is 77.3 Å². The average Bonchev–Trinajstić information content (AvgIpc) is 2.08. The molecule has 4 saturated heterocycles. The Hall–Kier alpha value is -9.38. The number of hydrogen-bond acceptors (Lipinski definition) is 22. The maximum atomic E-state index is 15.2. The minimum Gasteiger partial charge on any atom is -0.484 e. The van der Waals surface area contributed by atoms with Crippen molar-refractivity contribution in [3.63, 3.8) is 0 Å². The molecule has 456 valence electrons. The number of halogens is 4. The van der Waals surface area contributed by atoms with Crippen LogP contribution in [-0.4, -0.2) is 172 Å². The Labute approximate surface area is 500 Å². The first kappa shape index (κ1) is 57.7. The summed E-state index contributed by atoms with van der Waals surface area (Å²) in [5, 5.41) is 15.6. The third-order valence-corrected chi connectivity index (χ3v) is 15.4. The fraction of sp³-hybridized carbons (Fsp3) is 0.367. The molecule has 0 saturated carbocycles. The van der Waals surface area contributed by atoms with Gasteiger partial charge >= 0.3 is 0 Å². The molecule has 0 spiro atoms. The summed E-state index contributed by atoms with van der Waals surface area (Å²) in [6, 6.07) is 21.4. The number of ether oxygens (including phenoxy) is 8. The molecule has 4 aromatic carbocycles. The zero-order chi connectivity index (χ0) is 60.5. The summed E-state index contributed by atoms with van der Waals surface area (Å²) in [7, 11) is 3.36. The third kappa shape index (κ3) is 12.6. The molecule has 0 amide bonds. The van der Waals surface area contributed by atoms with Crippen LogP contribution in [0, 0.1) is 13.8 Å². The Morgan fingerprint density at radius 1 is 0.500 bits per heavy atom. The predicted octanol–water partition coefficient (Wildman–Crippen LogP) is 9.60. The number of rotatable bonds is 16. The lowest BCUT2D eigenvalue weighted by Crippen LogP contribution is -2.52. The maximum Gasteiger partial charge on any atom is 0.296 e. The smallest absolute Gasteiger partial charge is 0.296 e. The van der Waals surface area contributed by atoms with E-state index in [4.69, 9.17) is 37.9 Å². The molecule has 4 aliphatic heterocycles. The summed E-state index contributed by atoms with van der Waals surface area (Å²) in [6.45, 7) is 5.94. The van der Waals surface area contributed by atoms with Crippen molar-refractivity contribution < 1.29 is 55.5 Å². The molecule has 6 aromatic heterocycles. The molecule has 88 heavy (non-hydrogen) atoms. The van der Waals surface area contributed by atoms with Crippen LogP contribution in [0.4, 0.5) is 40.6 Å². The lowest BCUT2D eigenvalue weighted by molar-refractivity contribution is -0.135. The number of fused-ring (bicyclic) bond motifs is 4. The number of aromatic nitrogens is 12. The SMILES string of the molecule is Cc1cc(Nc2ncnc3ccc(O[C@H]4CCOC4)c(O[C@@H]4CCN(C)CC4(F)F)c23)ccc1Oc1cc2ncnn2cn1.Cc1cc(Nc2ncnc3ccc(O[C@H]4CCOC4)c(O[C@H]4CCN(C)CC4(F)F)c23)ccc1Oc1cc2ncnn2cn1. The van der Waals surface area contributed by atoms with Crippen molar-refractivity contribution in [3.8, 4) is 46.3 Å². The molecule has 0 bridgehead atoms. The molecule has 4 fully saturated rings. The maximum absolute atomic E-state index is 15.2. The summed E-state index contributed by atoms with van der Waals surface area (Å²) >= 11 is 0. The molecule has 0 radical (unpaired) electrons. The third-order valence-electron chi connectivity index (χ3n) is 15.4. The Balaban J connectivity index is 0.000000162. The molecule has 4 aliphatic rings. The first-order chi connectivity index (χ1) is 42.6. The number of alkyl halides is 4. The van der Waals surface area contributed by atoms with Gasteiger partial charge in [0.15, 0.2) is 46.5 Å². The number of nitrogens with zero attached hydrogens (tertiary/aromatic N) is 14. The Kier molecular flexibility index (Phi) is 16.0. The van der Waals surface area contributed by atoms with Crippen molar-refractivity contribution in [3.05, 3.63) is 122 Å². The van der Waals surface area contributed by atoms with Crippen molar-refractivity contribution in [1.82, 2.24) is 68.9 Å². The highest BCUT2D eigenvalue weighted by atomic mass is 19.3. The topological polar surface area (TPSA) is 242 Å². The van der Waals surface area contributed by atoms with Crippen LogP contribution >= 0.6 is 0 Å². The summed E-state index contributed by atoms with van der Waals surface area (Å²) in [5.41, 5.74) is 5.31. The van der Waals surface area contributed by atoms with Gasteiger partial charge in [-0.25, -0.2) is 66.5 Å². The first-order valence-electron chi connectivity index (χ1n) is 28.6. The number of piperidine rings is 2. The zero-order valence-corrected chi connectivity index (χ0v) is 48.2. The number of benzene rings is 4. The molecule has 0 aliphatic carbocycles. The molecule has 2 N–H and O–H groups in total. The highest BCUT2D eigenvalue weighted by Gasteiger charge is 2.47. The van der Waals surface area contributed by atoms with Crippen molar-refractivity contribution in [2.45, 2.75) is 75.8 Å². The highest BCUT2D eigenvalue weighted by Crippen LogP contribution is 2.46. The summed E-state index contributed by atoms with van der Waals surface area (Å²) in [4.78, 5) is 37.9. The predicted molar refractivity (Wildman–Crippen MR) is 312 cm³/mol. The monoisotopic (exact) mass is 1210 g/mol. The van der Waals surface area contributed by atoms with Crippen LogP contribution in [0.1, 0.15) is 36.8 Å². The van der Waals surface area contributed by atoms with Crippen LogP contribution in [-0.2, 0) is 9.47 Å². The lowest BCUT2D eigenvalue weighted by atomic mass is 10.0. The number of aryl methyl sites for hydroxylation is 2. The van der Waals surface area contributed by atoms with Crippen LogP contribution in [0.5, 0.6) is 46.3 Å². The van der Waals surface area contributed by atoms with Gasteiger partial charge in [0.25, 0.3) is 11.8 Å². The van der Waals surface area contributed by atoms with Gasteiger partial charge in [-0.15, -0.1) is 0 Å². The number of likely N-dealkylation sites (tertiary alicyclic amines) is 2. The second-order valence-corrected chi connectivity index (χ2v) is 22.0. The molecule has 10 aromatic rings. The highest BCUT2D eigenvalue weighted by molar-refractivity contribution is 5.99. The molecule has 4 atom stereocenters. The second kappa shape index (κ2) is 24.4. The normalized spacial score (nSPS) is 20.2. The minimum absolute atomic E-state index is 0.155. The van der Waals surface area contributed by atoms with Gasteiger partial charge in [-0.05, 0) is 99.7 Å². The van der Waals surface area contributed by atoms with E-state index in [1.165, 1.54) is 38.0 Å². The van der Waals surface area contributed by atoms with E-state index in [-0.39, 0.29) is 36.5 Å². The van der Waals surface area contributed by atoms with Crippen LogP contribution in [0.25, 0.3) is 33.1 Å². The molecule has 10 heterocycles. The average molecular weight is 1210 g/mol. The van der Waals surface area contributed by atoms with Crippen LogP contribution in [0.3, 0.4) is 0 Å². The van der Waals surface area contributed by atoms with Gasteiger partial charge in [-0.2, -0.15) is 10.2 Å². The quantitative estimate of drug-likeness (QED) is 0.0855. The molecular formula is C60H60F4N16O8. The standard InChI is InChI=1S/2C30H30F2N8O4/c2*1-18-11-19(3-5-22(18)43-26-12-25-34-16-37-40(25)17-36-26)38-29-27-21(33-15-35-29)4-6-23(42-20-8-10-41-13-20)28(27)44-24-7-9-39(2)14-30(24,31)32/h2*3-6,11-12,15-17,20,24H,7-10,13-14H2,1-2H3,(H,33,35,38)/t20-,24+;20-,24-/m00/s1. The summed E-state index contributed by atoms with van der Waals surface area (Å²) in [5.74, 6) is -2.34. The van der Waals surface area contributed by atoms with E-state index in [0.717, 1.165) is 11.1 Å².